The number of nitrogens with one attached hydrogen (secondary N) is 1. The van der Waals surface area contributed by atoms with Crippen molar-refractivity contribution in [2.45, 2.75) is 33.7 Å². The Bertz CT molecular complexity index is 597. The zero-order valence-electron chi connectivity index (χ0n) is 14.7. The Balaban J connectivity index is 2.02. The molecule has 1 aliphatic rings. The minimum atomic E-state index is -0.328. The lowest BCUT2D eigenvalue weighted by Gasteiger charge is -2.33. The van der Waals surface area contributed by atoms with Gasteiger partial charge in [0.25, 0.3) is 5.91 Å². The van der Waals surface area contributed by atoms with Crippen LogP contribution in [0.15, 0.2) is 6.07 Å². The highest BCUT2D eigenvalue weighted by molar-refractivity contribution is 5.92. The van der Waals surface area contributed by atoms with Crippen LogP contribution in [0.2, 0.25) is 0 Å². The van der Waals surface area contributed by atoms with Crippen molar-refractivity contribution < 1.29 is 14.3 Å². The van der Waals surface area contributed by atoms with Gasteiger partial charge in [-0.05, 0) is 33.8 Å². The van der Waals surface area contributed by atoms with E-state index >= 15 is 0 Å². The Morgan fingerprint density at radius 1 is 1.21 bits per heavy atom. The summed E-state index contributed by atoms with van der Waals surface area (Å²) in [7, 11) is 0. The number of ether oxygens (including phenoxy) is 1. The monoisotopic (exact) mass is 335 g/mol. The van der Waals surface area contributed by atoms with Gasteiger partial charge in [-0.1, -0.05) is 0 Å². The van der Waals surface area contributed by atoms with Crippen LogP contribution in [-0.4, -0.2) is 70.6 Å². The topological polar surface area (TPSA) is 87.7 Å². The summed E-state index contributed by atoms with van der Waals surface area (Å²) < 4.78 is 4.98. The summed E-state index contributed by atoms with van der Waals surface area (Å²) in [5, 5.41) is 3.12. The molecule has 0 radical (unpaired) electrons. The number of carbonyl (C=O) groups is 2. The molecule has 0 aromatic carbocycles. The highest BCUT2D eigenvalue weighted by atomic mass is 16.6. The van der Waals surface area contributed by atoms with E-state index < -0.39 is 0 Å². The second-order valence-electron chi connectivity index (χ2n) is 6.00. The number of rotatable bonds is 4. The summed E-state index contributed by atoms with van der Waals surface area (Å²) in [6.45, 7) is 9.80. The number of aryl methyl sites for hydroxylation is 1. The van der Waals surface area contributed by atoms with Gasteiger partial charge >= 0.3 is 6.09 Å². The maximum absolute atomic E-state index is 12.7. The Morgan fingerprint density at radius 3 is 2.42 bits per heavy atom. The number of carbonyl (C=O) groups excluding carboxylic acids is 2. The first-order chi connectivity index (χ1) is 11.4. The molecule has 1 fully saturated rings. The van der Waals surface area contributed by atoms with E-state index in [-0.39, 0.29) is 18.0 Å². The first-order valence-corrected chi connectivity index (χ1v) is 8.24. The van der Waals surface area contributed by atoms with Crippen LogP contribution in [0, 0.1) is 6.92 Å². The van der Waals surface area contributed by atoms with Crippen LogP contribution in [0.1, 0.15) is 37.0 Å². The summed E-state index contributed by atoms with van der Waals surface area (Å²) in [6.07, 6.45) is -0.328. The summed E-state index contributed by atoms with van der Waals surface area (Å²) in [5.74, 6) is 0.314. The van der Waals surface area contributed by atoms with Crippen LogP contribution in [0.25, 0.3) is 0 Å². The summed E-state index contributed by atoms with van der Waals surface area (Å²) in [5.41, 5.74) is 1.11. The van der Waals surface area contributed by atoms with Crippen LogP contribution in [0.4, 0.5) is 10.7 Å². The van der Waals surface area contributed by atoms with E-state index in [1.165, 1.54) is 0 Å². The minimum Gasteiger partial charge on any atom is -0.450 e. The average molecular weight is 335 g/mol. The molecule has 0 atom stereocenters. The van der Waals surface area contributed by atoms with Gasteiger partial charge in [-0.2, -0.15) is 0 Å². The van der Waals surface area contributed by atoms with E-state index in [2.05, 4.69) is 15.3 Å². The molecule has 0 spiro atoms. The van der Waals surface area contributed by atoms with Gasteiger partial charge in [0.1, 0.15) is 5.69 Å². The number of piperazine rings is 1. The van der Waals surface area contributed by atoms with E-state index in [1.54, 1.807) is 22.8 Å². The van der Waals surface area contributed by atoms with Crippen molar-refractivity contribution in [3.05, 3.63) is 17.5 Å². The Labute approximate surface area is 142 Å². The molecule has 1 aromatic rings. The van der Waals surface area contributed by atoms with Gasteiger partial charge in [0, 0.05) is 37.9 Å². The van der Waals surface area contributed by atoms with Crippen molar-refractivity contribution in [2.24, 2.45) is 0 Å². The molecule has 8 nitrogen and oxygen atoms in total. The summed E-state index contributed by atoms with van der Waals surface area (Å²) >= 11 is 0. The molecule has 0 unspecified atom stereocenters. The number of aromatic nitrogens is 2. The number of hydrogen-bond acceptors (Lipinski definition) is 6. The predicted octanol–water partition coefficient (Wildman–Crippen LogP) is 1.52. The number of amides is 2. The zero-order chi connectivity index (χ0) is 17.7. The van der Waals surface area contributed by atoms with Gasteiger partial charge in [-0.15, -0.1) is 0 Å². The van der Waals surface area contributed by atoms with Crippen LogP contribution >= 0.6 is 0 Å². The molecule has 0 aliphatic carbocycles. The molecule has 0 bridgehead atoms. The summed E-state index contributed by atoms with van der Waals surface area (Å²) in [4.78, 5) is 36.3. The van der Waals surface area contributed by atoms with Gasteiger partial charge in [0.2, 0.25) is 5.95 Å². The molecule has 1 N–H and O–H groups in total. The third-order valence-corrected chi connectivity index (χ3v) is 3.58. The van der Waals surface area contributed by atoms with E-state index in [1.807, 2.05) is 20.8 Å². The lowest BCUT2D eigenvalue weighted by atomic mass is 10.2. The van der Waals surface area contributed by atoms with E-state index in [9.17, 15) is 9.59 Å². The summed E-state index contributed by atoms with van der Waals surface area (Å²) in [6, 6.07) is 1.87. The molecule has 8 heteroatoms. The van der Waals surface area contributed by atoms with E-state index in [0.29, 0.717) is 44.4 Å². The number of anilines is 1. The largest absolute Gasteiger partial charge is 0.450 e. The molecule has 0 saturated carbocycles. The first-order valence-electron chi connectivity index (χ1n) is 8.24. The third kappa shape index (κ3) is 4.56. The van der Waals surface area contributed by atoms with Gasteiger partial charge < -0.3 is 19.9 Å². The number of hydrogen-bond donors (Lipinski definition) is 1. The minimum absolute atomic E-state index is 0.143. The van der Waals surface area contributed by atoms with Crippen LogP contribution in [0.3, 0.4) is 0 Å². The SMILES string of the molecule is CCOC(=O)N1CCN(C(=O)c2cc(C)nc(NC(C)C)n2)CC1. The van der Waals surface area contributed by atoms with Gasteiger partial charge in [-0.25, -0.2) is 14.8 Å². The van der Waals surface area contributed by atoms with Crippen molar-refractivity contribution in [2.75, 3.05) is 38.1 Å². The van der Waals surface area contributed by atoms with Crippen molar-refractivity contribution >= 4 is 17.9 Å². The fourth-order valence-corrected chi connectivity index (χ4v) is 2.47. The van der Waals surface area contributed by atoms with Gasteiger partial charge in [-0.3, -0.25) is 4.79 Å². The molecule has 2 heterocycles. The van der Waals surface area contributed by atoms with Gasteiger partial charge in [0.15, 0.2) is 0 Å². The average Bonchev–Trinajstić information content (AvgIpc) is 2.53. The molecule has 1 aromatic heterocycles. The third-order valence-electron chi connectivity index (χ3n) is 3.58. The molecule has 24 heavy (non-hydrogen) atoms. The van der Waals surface area contributed by atoms with E-state index in [0.717, 1.165) is 5.69 Å². The normalized spacial score (nSPS) is 14.7. The molecule has 1 aliphatic heterocycles. The predicted molar refractivity (Wildman–Crippen MR) is 90.0 cm³/mol. The maximum atomic E-state index is 12.7. The Hall–Kier alpha value is -2.38. The molecular weight excluding hydrogens is 310 g/mol. The van der Waals surface area contributed by atoms with Crippen LogP contribution in [0.5, 0.6) is 0 Å². The fraction of sp³-hybridized carbons (Fsp3) is 0.625. The van der Waals surface area contributed by atoms with Crippen LogP contribution in [-0.2, 0) is 4.74 Å². The lowest BCUT2D eigenvalue weighted by molar-refractivity contribution is 0.0566. The standard InChI is InChI=1S/C16H25N5O3/c1-5-24-16(23)21-8-6-20(7-9-21)14(22)13-10-12(4)18-15(19-13)17-11(2)3/h10-11H,5-9H2,1-4H3,(H,17,18,19). The molecule has 1 saturated heterocycles. The zero-order valence-corrected chi connectivity index (χ0v) is 14.7. The van der Waals surface area contributed by atoms with Crippen molar-refractivity contribution in [3.63, 3.8) is 0 Å². The van der Waals surface area contributed by atoms with Crippen LogP contribution < -0.4 is 5.32 Å². The Morgan fingerprint density at radius 2 is 1.83 bits per heavy atom. The molecule has 132 valence electrons. The van der Waals surface area contributed by atoms with Crippen molar-refractivity contribution in [3.8, 4) is 0 Å². The smallest absolute Gasteiger partial charge is 0.409 e. The number of nitrogens with zero attached hydrogens (tertiary/aromatic N) is 4. The van der Waals surface area contributed by atoms with Gasteiger partial charge in [0.05, 0.1) is 6.61 Å². The van der Waals surface area contributed by atoms with Crippen molar-refractivity contribution in [1.82, 2.24) is 19.8 Å². The molecular formula is C16H25N5O3. The quantitative estimate of drug-likeness (QED) is 0.897. The maximum Gasteiger partial charge on any atom is 0.409 e. The van der Waals surface area contributed by atoms with Crippen molar-refractivity contribution in [1.29, 1.82) is 0 Å². The highest BCUT2D eigenvalue weighted by Crippen LogP contribution is 2.11. The Kier molecular flexibility index (Phi) is 5.94. The van der Waals surface area contributed by atoms with E-state index in [4.69, 9.17) is 4.74 Å². The lowest BCUT2D eigenvalue weighted by Crippen LogP contribution is -2.50. The fourth-order valence-electron chi connectivity index (χ4n) is 2.47. The second-order valence-corrected chi connectivity index (χ2v) is 6.00. The first kappa shape index (κ1) is 18.0. The second kappa shape index (κ2) is 7.94. The highest BCUT2D eigenvalue weighted by Gasteiger charge is 2.26. The molecule has 2 amide bonds. The molecule has 2 rings (SSSR count).